The van der Waals surface area contributed by atoms with Crippen LogP contribution < -0.4 is 14.8 Å². The molecule has 1 N–H and O–H groups in total. The first-order valence-electron chi connectivity index (χ1n) is 9.56. The van der Waals surface area contributed by atoms with Crippen LogP contribution in [0.25, 0.3) is 0 Å². The van der Waals surface area contributed by atoms with Crippen molar-refractivity contribution in [3.8, 4) is 11.5 Å². The van der Waals surface area contributed by atoms with Gasteiger partial charge in [0.05, 0.1) is 12.6 Å². The summed E-state index contributed by atoms with van der Waals surface area (Å²) >= 11 is 5.92. The molecule has 4 nitrogen and oxygen atoms in total. The van der Waals surface area contributed by atoms with Gasteiger partial charge in [0.15, 0.2) is 0 Å². The molecule has 29 heavy (non-hydrogen) atoms. The molecule has 150 valence electrons. The number of ether oxygens (including phenoxy) is 2. The molecule has 0 aliphatic heterocycles. The van der Waals surface area contributed by atoms with Gasteiger partial charge in [-0.25, -0.2) is 0 Å². The maximum absolute atomic E-state index is 12.8. The predicted octanol–water partition coefficient (Wildman–Crippen LogP) is 5.81. The Labute approximate surface area is 176 Å². The summed E-state index contributed by atoms with van der Waals surface area (Å²) in [5.74, 6) is 1.26. The molecule has 0 aliphatic carbocycles. The Morgan fingerprint density at radius 1 is 1.00 bits per heavy atom. The molecule has 3 aromatic rings. The van der Waals surface area contributed by atoms with E-state index in [1.165, 1.54) is 0 Å². The van der Waals surface area contributed by atoms with E-state index in [9.17, 15) is 4.79 Å². The fourth-order valence-electron chi connectivity index (χ4n) is 2.93. The van der Waals surface area contributed by atoms with Gasteiger partial charge >= 0.3 is 0 Å². The SMILES string of the molecule is CCOc1ccc(C(=O)N[C@@H](C)c2ccccc2)cc1COc1ccc(Cl)cc1. The second kappa shape index (κ2) is 9.99. The molecule has 3 aromatic carbocycles. The van der Waals surface area contributed by atoms with Crippen molar-refractivity contribution in [2.45, 2.75) is 26.5 Å². The number of hydrogen-bond donors (Lipinski definition) is 1. The fourth-order valence-corrected chi connectivity index (χ4v) is 3.05. The van der Waals surface area contributed by atoms with Crippen LogP contribution in [0.2, 0.25) is 5.02 Å². The Balaban J connectivity index is 1.74. The highest BCUT2D eigenvalue weighted by Crippen LogP contribution is 2.24. The van der Waals surface area contributed by atoms with Gasteiger partial charge in [-0.1, -0.05) is 41.9 Å². The summed E-state index contributed by atoms with van der Waals surface area (Å²) in [4.78, 5) is 12.8. The van der Waals surface area contributed by atoms with Crippen LogP contribution in [0.15, 0.2) is 72.8 Å². The zero-order valence-electron chi connectivity index (χ0n) is 16.5. The quantitative estimate of drug-likeness (QED) is 0.510. The highest BCUT2D eigenvalue weighted by molar-refractivity contribution is 6.30. The summed E-state index contributed by atoms with van der Waals surface area (Å²) in [6.07, 6.45) is 0. The van der Waals surface area contributed by atoms with E-state index in [2.05, 4.69) is 5.32 Å². The minimum absolute atomic E-state index is 0.0935. The van der Waals surface area contributed by atoms with E-state index in [1.807, 2.05) is 56.3 Å². The molecule has 0 unspecified atom stereocenters. The number of carbonyl (C=O) groups is 1. The monoisotopic (exact) mass is 409 g/mol. The van der Waals surface area contributed by atoms with Gasteiger partial charge in [-0.05, 0) is 61.9 Å². The van der Waals surface area contributed by atoms with E-state index in [1.54, 1.807) is 30.3 Å². The molecule has 3 rings (SSSR count). The molecule has 0 spiro atoms. The standard InChI is InChI=1S/C24H24ClNO3/c1-3-28-23-14-9-19(24(27)26-17(2)18-7-5-4-6-8-18)15-20(23)16-29-22-12-10-21(25)11-13-22/h4-15,17H,3,16H2,1-2H3,(H,26,27)/t17-/m0/s1. The third-order valence-corrected chi connectivity index (χ3v) is 4.73. The highest BCUT2D eigenvalue weighted by Gasteiger charge is 2.14. The summed E-state index contributed by atoms with van der Waals surface area (Å²) in [5.41, 5.74) is 2.42. The lowest BCUT2D eigenvalue weighted by Crippen LogP contribution is -2.26. The van der Waals surface area contributed by atoms with Crippen LogP contribution in [0.4, 0.5) is 0 Å². The summed E-state index contributed by atoms with van der Waals surface area (Å²) < 4.78 is 11.5. The summed E-state index contributed by atoms with van der Waals surface area (Å²) in [6, 6.07) is 22.3. The molecular weight excluding hydrogens is 386 g/mol. The van der Waals surface area contributed by atoms with E-state index in [4.69, 9.17) is 21.1 Å². The van der Waals surface area contributed by atoms with Crippen LogP contribution in [-0.4, -0.2) is 12.5 Å². The minimum atomic E-state index is -0.142. The average molecular weight is 410 g/mol. The zero-order valence-corrected chi connectivity index (χ0v) is 17.3. The van der Waals surface area contributed by atoms with E-state index >= 15 is 0 Å². The largest absolute Gasteiger partial charge is 0.493 e. The Morgan fingerprint density at radius 2 is 1.72 bits per heavy atom. The third kappa shape index (κ3) is 5.75. The van der Waals surface area contributed by atoms with Crippen molar-refractivity contribution in [1.29, 1.82) is 0 Å². The number of halogens is 1. The van der Waals surface area contributed by atoms with Gasteiger partial charge in [-0.2, -0.15) is 0 Å². The van der Waals surface area contributed by atoms with Crippen molar-refractivity contribution in [1.82, 2.24) is 5.32 Å². The van der Waals surface area contributed by atoms with E-state index in [0.717, 1.165) is 11.1 Å². The normalized spacial score (nSPS) is 11.6. The maximum atomic E-state index is 12.8. The second-order valence-corrected chi connectivity index (χ2v) is 7.04. The second-order valence-electron chi connectivity index (χ2n) is 6.60. The molecule has 5 heteroatoms. The zero-order chi connectivity index (χ0) is 20.6. The van der Waals surface area contributed by atoms with Gasteiger partial charge in [0.25, 0.3) is 5.91 Å². The van der Waals surface area contributed by atoms with Crippen LogP contribution in [0.1, 0.15) is 41.4 Å². The molecular formula is C24H24ClNO3. The molecule has 0 aliphatic rings. The van der Waals surface area contributed by atoms with Crippen LogP contribution in [0.5, 0.6) is 11.5 Å². The summed E-state index contributed by atoms with van der Waals surface area (Å²) in [5, 5.41) is 3.69. The Kier molecular flexibility index (Phi) is 7.14. The van der Waals surface area contributed by atoms with Crippen molar-refractivity contribution < 1.29 is 14.3 Å². The molecule has 0 aromatic heterocycles. The number of rotatable bonds is 8. The van der Waals surface area contributed by atoms with Gasteiger partial charge < -0.3 is 14.8 Å². The van der Waals surface area contributed by atoms with Crippen molar-refractivity contribution in [2.24, 2.45) is 0 Å². The van der Waals surface area contributed by atoms with Gasteiger partial charge in [0.2, 0.25) is 0 Å². The van der Waals surface area contributed by atoms with Gasteiger partial charge in [-0.15, -0.1) is 0 Å². The molecule has 0 bridgehead atoms. The van der Waals surface area contributed by atoms with Crippen molar-refractivity contribution in [2.75, 3.05) is 6.61 Å². The van der Waals surface area contributed by atoms with Crippen LogP contribution in [-0.2, 0) is 6.61 Å². The highest BCUT2D eigenvalue weighted by atomic mass is 35.5. The Morgan fingerprint density at radius 3 is 2.41 bits per heavy atom. The molecule has 0 radical (unpaired) electrons. The Hall–Kier alpha value is -2.98. The number of carbonyl (C=O) groups excluding carboxylic acids is 1. The third-order valence-electron chi connectivity index (χ3n) is 4.48. The Bertz CT molecular complexity index is 942. The lowest BCUT2D eigenvalue weighted by atomic mass is 10.1. The molecule has 0 saturated heterocycles. The van der Waals surface area contributed by atoms with Gasteiger partial charge in [-0.3, -0.25) is 4.79 Å². The number of nitrogens with one attached hydrogen (secondary N) is 1. The smallest absolute Gasteiger partial charge is 0.251 e. The summed E-state index contributed by atoms with van der Waals surface area (Å²) in [6.45, 7) is 4.70. The first-order valence-corrected chi connectivity index (χ1v) is 9.94. The van der Waals surface area contributed by atoms with Crippen LogP contribution in [0, 0.1) is 0 Å². The predicted molar refractivity (Wildman–Crippen MR) is 116 cm³/mol. The first-order chi connectivity index (χ1) is 14.1. The maximum Gasteiger partial charge on any atom is 0.251 e. The number of benzene rings is 3. The van der Waals surface area contributed by atoms with Crippen LogP contribution >= 0.6 is 11.6 Å². The number of hydrogen-bond acceptors (Lipinski definition) is 3. The fraction of sp³-hybridized carbons (Fsp3) is 0.208. The van der Waals surface area contributed by atoms with E-state index in [-0.39, 0.29) is 18.6 Å². The van der Waals surface area contributed by atoms with Crippen LogP contribution in [0.3, 0.4) is 0 Å². The number of amides is 1. The average Bonchev–Trinajstić information content (AvgIpc) is 2.75. The lowest BCUT2D eigenvalue weighted by Gasteiger charge is -2.16. The lowest BCUT2D eigenvalue weighted by molar-refractivity contribution is 0.0939. The van der Waals surface area contributed by atoms with Gasteiger partial charge in [0.1, 0.15) is 18.1 Å². The van der Waals surface area contributed by atoms with Crippen molar-refractivity contribution in [3.63, 3.8) is 0 Å². The van der Waals surface area contributed by atoms with Crippen molar-refractivity contribution in [3.05, 3.63) is 94.5 Å². The molecule has 0 heterocycles. The molecule has 0 saturated carbocycles. The first kappa shape index (κ1) is 20.7. The molecule has 1 amide bonds. The van der Waals surface area contributed by atoms with Gasteiger partial charge in [0, 0.05) is 16.1 Å². The molecule has 0 fully saturated rings. The van der Waals surface area contributed by atoms with E-state index < -0.39 is 0 Å². The minimum Gasteiger partial charge on any atom is -0.493 e. The topological polar surface area (TPSA) is 47.6 Å². The van der Waals surface area contributed by atoms with E-state index in [0.29, 0.717) is 28.7 Å². The summed E-state index contributed by atoms with van der Waals surface area (Å²) in [7, 11) is 0. The molecule has 1 atom stereocenters. The van der Waals surface area contributed by atoms with Crippen molar-refractivity contribution >= 4 is 17.5 Å².